The van der Waals surface area contributed by atoms with Gasteiger partial charge in [0.1, 0.15) is 11.4 Å². The molecule has 37 heavy (non-hydrogen) atoms. The van der Waals surface area contributed by atoms with Gasteiger partial charge in [-0.3, -0.25) is 4.79 Å². The summed E-state index contributed by atoms with van der Waals surface area (Å²) in [6.07, 6.45) is 6.14. The van der Waals surface area contributed by atoms with Gasteiger partial charge >= 0.3 is 0 Å². The van der Waals surface area contributed by atoms with Crippen LogP contribution in [0.1, 0.15) is 54.6 Å². The highest BCUT2D eigenvalue weighted by Crippen LogP contribution is 2.34. The first-order chi connectivity index (χ1) is 17.9. The van der Waals surface area contributed by atoms with E-state index in [4.69, 9.17) is 28.2 Å². The molecule has 0 unspecified atom stereocenters. The van der Waals surface area contributed by atoms with Crippen molar-refractivity contribution in [2.45, 2.75) is 38.6 Å². The predicted molar refractivity (Wildman–Crippen MR) is 148 cm³/mol. The van der Waals surface area contributed by atoms with E-state index in [1.165, 1.54) is 12.8 Å². The third-order valence-electron chi connectivity index (χ3n) is 8.00. The Labute approximate surface area is 229 Å². The molecule has 3 saturated heterocycles. The number of anilines is 2. The van der Waals surface area contributed by atoms with Crippen LogP contribution in [0.15, 0.2) is 24.4 Å². The molecule has 4 heterocycles. The Balaban J connectivity index is 1.33. The summed E-state index contributed by atoms with van der Waals surface area (Å²) in [5.74, 6) is 2.38. The van der Waals surface area contributed by atoms with Gasteiger partial charge in [0.15, 0.2) is 0 Å². The van der Waals surface area contributed by atoms with Crippen LogP contribution in [0.4, 0.5) is 11.8 Å². The van der Waals surface area contributed by atoms with Crippen LogP contribution in [-0.4, -0.2) is 83.2 Å². The van der Waals surface area contributed by atoms with Crippen molar-refractivity contribution in [1.82, 2.24) is 19.8 Å². The van der Waals surface area contributed by atoms with E-state index in [0.29, 0.717) is 39.2 Å². The maximum Gasteiger partial charge on any atom is 0.259 e. The fraction of sp³-hybridized carbons (Fsp3) is 0.593. The summed E-state index contributed by atoms with van der Waals surface area (Å²) in [6.45, 7) is 8.46. The van der Waals surface area contributed by atoms with Crippen molar-refractivity contribution in [2.24, 2.45) is 11.8 Å². The topological polar surface area (TPSA) is 84.8 Å². The van der Waals surface area contributed by atoms with E-state index in [1.54, 1.807) is 12.3 Å². The van der Waals surface area contributed by atoms with Crippen LogP contribution in [0.5, 0.6) is 0 Å². The Morgan fingerprint density at radius 3 is 2.65 bits per heavy atom. The third-order valence-corrected chi connectivity index (χ3v) is 8.56. The van der Waals surface area contributed by atoms with Gasteiger partial charge in [-0.2, -0.15) is 4.98 Å². The lowest BCUT2D eigenvalue weighted by molar-refractivity contribution is 0.0793. The molecule has 3 aliphatic heterocycles. The first-order valence-electron chi connectivity index (χ1n) is 13.4. The number of aliphatic hydroxyl groups is 1. The molecule has 0 spiro atoms. The number of hydrogen-bond acceptors (Lipinski definition) is 7. The number of likely N-dealkylation sites (tertiary alicyclic amines) is 2. The van der Waals surface area contributed by atoms with Crippen LogP contribution in [0.3, 0.4) is 0 Å². The predicted octanol–water partition coefficient (Wildman–Crippen LogP) is 4.33. The standard InChI is InChI=1S/C27H36Cl2N6O2/c1-18(22-7-6-21(28)13-24(22)29)31-25-23(26(37)34-9-2-3-10-34)14-30-27(32-25)35-16-20(17-35)19-5-4-8-33(15-19)11-12-36/h6-7,13-14,18-20,36H,2-5,8-12,15-17H2,1H3,(H,30,31,32)/t18-,19+/m1/s1. The Hall–Kier alpha value is -2.13. The molecule has 0 aliphatic carbocycles. The van der Waals surface area contributed by atoms with Crippen LogP contribution in [0.2, 0.25) is 10.0 Å². The smallest absolute Gasteiger partial charge is 0.259 e. The van der Waals surface area contributed by atoms with Crippen molar-refractivity contribution in [3.63, 3.8) is 0 Å². The normalized spacial score (nSPS) is 21.7. The number of carbonyl (C=O) groups is 1. The zero-order valence-corrected chi connectivity index (χ0v) is 22.9. The van der Waals surface area contributed by atoms with Crippen LogP contribution in [0, 0.1) is 11.8 Å². The highest BCUT2D eigenvalue weighted by atomic mass is 35.5. The second-order valence-corrected chi connectivity index (χ2v) is 11.4. The first-order valence-corrected chi connectivity index (χ1v) is 14.1. The number of nitrogens with one attached hydrogen (secondary N) is 1. The van der Waals surface area contributed by atoms with Crippen molar-refractivity contribution in [2.75, 3.05) is 62.6 Å². The molecule has 2 aromatic rings. The van der Waals surface area contributed by atoms with E-state index in [2.05, 4.69) is 20.1 Å². The van der Waals surface area contributed by atoms with Crippen LogP contribution >= 0.6 is 23.2 Å². The van der Waals surface area contributed by atoms with Crippen LogP contribution < -0.4 is 10.2 Å². The molecular weight excluding hydrogens is 511 g/mol. The number of benzene rings is 1. The summed E-state index contributed by atoms with van der Waals surface area (Å²) in [5.41, 5.74) is 1.38. The van der Waals surface area contributed by atoms with E-state index in [0.717, 1.165) is 64.2 Å². The SMILES string of the molecule is C[C@@H](Nc1nc(N2CC([C@H]3CCCN(CCO)C3)C2)ncc1C(=O)N1CCCC1)c1ccc(Cl)cc1Cl. The summed E-state index contributed by atoms with van der Waals surface area (Å²) in [6, 6.07) is 5.26. The molecule has 3 fully saturated rings. The molecule has 10 heteroatoms. The largest absolute Gasteiger partial charge is 0.395 e. The van der Waals surface area contributed by atoms with E-state index >= 15 is 0 Å². The lowest BCUT2D eigenvalue weighted by Gasteiger charge is -2.46. The average Bonchev–Trinajstić information content (AvgIpc) is 3.38. The molecule has 0 radical (unpaired) electrons. The number of nitrogens with zero attached hydrogens (tertiary/aromatic N) is 5. The average molecular weight is 548 g/mol. The van der Waals surface area contributed by atoms with Crippen LogP contribution in [-0.2, 0) is 0 Å². The number of aliphatic hydroxyl groups excluding tert-OH is 1. The third kappa shape index (κ3) is 5.98. The number of amides is 1. The zero-order valence-electron chi connectivity index (χ0n) is 21.4. The van der Waals surface area contributed by atoms with Gasteiger partial charge in [-0.05, 0) is 68.7 Å². The maximum absolute atomic E-state index is 13.3. The summed E-state index contributed by atoms with van der Waals surface area (Å²) < 4.78 is 0. The number of aromatic nitrogens is 2. The van der Waals surface area contributed by atoms with Gasteiger partial charge in [0.05, 0.1) is 12.6 Å². The summed E-state index contributed by atoms with van der Waals surface area (Å²) in [5, 5.41) is 13.9. The zero-order chi connectivity index (χ0) is 25.9. The van der Waals surface area contributed by atoms with E-state index < -0.39 is 0 Å². The second-order valence-electron chi connectivity index (χ2n) is 10.6. The molecule has 0 saturated carbocycles. The van der Waals surface area contributed by atoms with Gasteiger partial charge in [0.25, 0.3) is 5.91 Å². The fourth-order valence-corrected chi connectivity index (χ4v) is 6.38. The van der Waals surface area contributed by atoms with Gasteiger partial charge in [-0.25, -0.2) is 4.98 Å². The number of piperidine rings is 1. The molecule has 1 aromatic heterocycles. The van der Waals surface area contributed by atoms with E-state index in [-0.39, 0.29) is 18.6 Å². The number of β-amino-alcohol motifs (C(OH)–C–C–N with tert-alkyl or cyclic N) is 1. The Morgan fingerprint density at radius 2 is 1.92 bits per heavy atom. The van der Waals surface area contributed by atoms with E-state index in [1.807, 2.05) is 24.0 Å². The molecule has 5 rings (SSSR count). The lowest BCUT2D eigenvalue weighted by atomic mass is 9.81. The van der Waals surface area contributed by atoms with Crippen molar-refractivity contribution in [1.29, 1.82) is 0 Å². The summed E-state index contributed by atoms with van der Waals surface area (Å²) in [7, 11) is 0. The summed E-state index contributed by atoms with van der Waals surface area (Å²) >= 11 is 12.6. The molecule has 200 valence electrons. The second kappa shape index (κ2) is 11.7. The first kappa shape index (κ1) is 26.5. The number of rotatable bonds is 8. The minimum Gasteiger partial charge on any atom is -0.395 e. The fourth-order valence-electron chi connectivity index (χ4n) is 5.81. The van der Waals surface area contributed by atoms with Gasteiger partial charge in [-0.1, -0.05) is 29.3 Å². The maximum atomic E-state index is 13.3. The molecular formula is C27H36Cl2N6O2. The van der Waals surface area contributed by atoms with Crippen molar-refractivity contribution < 1.29 is 9.90 Å². The van der Waals surface area contributed by atoms with E-state index in [9.17, 15) is 9.90 Å². The molecule has 2 atom stereocenters. The summed E-state index contributed by atoms with van der Waals surface area (Å²) in [4.78, 5) is 29.3. The van der Waals surface area contributed by atoms with Gasteiger partial charge in [-0.15, -0.1) is 0 Å². The minimum atomic E-state index is -0.179. The molecule has 1 aromatic carbocycles. The highest BCUT2D eigenvalue weighted by Gasteiger charge is 2.37. The molecule has 3 aliphatic rings. The Bertz CT molecular complexity index is 1100. The molecule has 2 N–H and O–H groups in total. The Morgan fingerprint density at radius 1 is 1.14 bits per heavy atom. The number of halogens is 2. The lowest BCUT2D eigenvalue weighted by Crippen LogP contribution is -2.54. The molecule has 8 nitrogen and oxygen atoms in total. The van der Waals surface area contributed by atoms with Crippen molar-refractivity contribution >= 4 is 40.9 Å². The highest BCUT2D eigenvalue weighted by molar-refractivity contribution is 6.35. The molecule has 0 bridgehead atoms. The van der Waals surface area contributed by atoms with Gasteiger partial charge in [0.2, 0.25) is 5.95 Å². The van der Waals surface area contributed by atoms with Gasteiger partial charge in [0, 0.05) is 55.5 Å². The number of carbonyl (C=O) groups excluding carboxylic acids is 1. The van der Waals surface area contributed by atoms with Crippen molar-refractivity contribution in [3.8, 4) is 0 Å². The van der Waals surface area contributed by atoms with Crippen molar-refractivity contribution in [3.05, 3.63) is 45.6 Å². The minimum absolute atomic E-state index is 0.0337. The molecule has 1 amide bonds. The monoisotopic (exact) mass is 546 g/mol. The number of hydrogen-bond donors (Lipinski definition) is 2. The van der Waals surface area contributed by atoms with Gasteiger partial charge < -0.3 is 25.1 Å². The Kier molecular flexibility index (Phi) is 8.39. The quantitative estimate of drug-likeness (QED) is 0.509. The van der Waals surface area contributed by atoms with Crippen LogP contribution in [0.25, 0.3) is 0 Å².